The largest absolute Gasteiger partial charge is 0.297 e. The van der Waals surface area contributed by atoms with E-state index in [9.17, 15) is 14.9 Å². The lowest BCUT2D eigenvalue weighted by atomic mass is 9.91. The van der Waals surface area contributed by atoms with E-state index in [2.05, 4.69) is 13.0 Å². The zero-order valence-electron chi connectivity index (χ0n) is 16.4. The summed E-state index contributed by atoms with van der Waals surface area (Å²) in [4.78, 5) is 25.1. The molecule has 0 aromatic heterocycles. The SMILES string of the molecule is CCCCCCCSC(=O)c1cccc(C(C#N)C(=O)Cc2ccccc2)c1. The van der Waals surface area contributed by atoms with Crippen molar-refractivity contribution in [2.24, 2.45) is 0 Å². The van der Waals surface area contributed by atoms with Gasteiger partial charge >= 0.3 is 0 Å². The molecule has 0 fully saturated rings. The molecule has 3 nitrogen and oxygen atoms in total. The summed E-state index contributed by atoms with van der Waals surface area (Å²) >= 11 is 1.32. The number of nitriles is 1. The smallest absolute Gasteiger partial charge is 0.219 e. The summed E-state index contributed by atoms with van der Waals surface area (Å²) in [6.07, 6.45) is 6.07. The first-order valence-electron chi connectivity index (χ1n) is 9.89. The van der Waals surface area contributed by atoms with Crippen molar-refractivity contribution < 1.29 is 9.59 Å². The molecule has 0 saturated carbocycles. The molecule has 0 amide bonds. The number of unbranched alkanes of at least 4 members (excludes halogenated alkanes) is 4. The van der Waals surface area contributed by atoms with Gasteiger partial charge < -0.3 is 0 Å². The predicted octanol–water partition coefficient (Wildman–Crippen LogP) is 5.95. The Morgan fingerprint density at radius 2 is 1.75 bits per heavy atom. The van der Waals surface area contributed by atoms with Gasteiger partial charge in [-0.15, -0.1) is 0 Å². The molecule has 2 rings (SSSR count). The van der Waals surface area contributed by atoms with Gasteiger partial charge in [0.05, 0.1) is 6.07 Å². The lowest BCUT2D eigenvalue weighted by Crippen LogP contribution is -2.14. The summed E-state index contributed by atoms with van der Waals surface area (Å²) in [6, 6.07) is 18.5. The average molecular weight is 394 g/mol. The van der Waals surface area contributed by atoms with E-state index >= 15 is 0 Å². The molecule has 0 bridgehead atoms. The molecule has 4 heteroatoms. The third kappa shape index (κ3) is 6.98. The maximum atomic E-state index is 12.6. The first kappa shape index (κ1) is 21.9. The number of rotatable bonds is 11. The summed E-state index contributed by atoms with van der Waals surface area (Å²) in [7, 11) is 0. The molecule has 146 valence electrons. The average Bonchev–Trinajstić information content (AvgIpc) is 2.72. The summed E-state index contributed by atoms with van der Waals surface area (Å²) in [5, 5.41) is 9.54. The fourth-order valence-corrected chi connectivity index (χ4v) is 3.86. The van der Waals surface area contributed by atoms with E-state index in [0.29, 0.717) is 11.1 Å². The molecule has 2 aromatic rings. The molecule has 0 heterocycles. The number of nitrogens with zero attached hydrogens (tertiary/aromatic N) is 1. The zero-order valence-corrected chi connectivity index (χ0v) is 17.2. The van der Waals surface area contributed by atoms with Crippen molar-refractivity contribution in [2.45, 2.75) is 51.4 Å². The van der Waals surface area contributed by atoms with Crippen molar-refractivity contribution in [1.29, 1.82) is 5.26 Å². The van der Waals surface area contributed by atoms with Crippen molar-refractivity contribution in [3.63, 3.8) is 0 Å². The minimum atomic E-state index is -0.855. The normalized spacial score (nSPS) is 11.6. The van der Waals surface area contributed by atoms with Crippen molar-refractivity contribution in [1.82, 2.24) is 0 Å². The highest BCUT2D eigenvalue weighted by molar-refractivity contribution is 8.14. The van der Waals surface area contributed by atoms with Crippen molar-refractivity contribution in [2.75, 3.05) is 5.75 Å². The molecule has 0 N–H and O–H groups in total. The van der Waals surface area contributed by atoms with Crippen LogP contribution >= 0.6 is 11.8 Å². The number of hydrogen-bond donors (Lipinski definition) is 0. The quantitative estimate of drug-likeness (QED) is 0.443. The highest BCUT2D eigenvalue weighted by Gasteiger charge is 2.21. The monoisotopic (exact) mass is 393 g/mol. The van der Waals surface area contributed by atoms with Gasteiger partial charge in [0.25, 0.3) is 0 Å². The third-order valence-corrected chi connectivity index (χ3v) is 5.60. The Morgan fingerprint density at radius 1 is 1.00 bits per heavy atom. The Bertz CT molecular complexity index is 811. The van der Waals surface area contributed by atoms with E-state index in [-0.39, 0.29) is 17.3 Å². The summed E-state index contributed by atoms with van der Waals surface area (Å²) in [5.41, 5.74) is 2.04. The van der Waals surface area contributed by atoms with Crippen LogP contribution in [0.5, 0.6) is 0 Å². The number of benzene rings is 2. The van der Waals surface area contributed by atoms with E-state index in [1.807, 2.05) is 30.3 Å². The van der Waals surface area contributed by atoms with Crippen LogP contribution in [-0.4, -0.2) is 16.7 Å². The van der Waals surface area contributed by atoms with Crippen LogP contribution < -0.4 is 0 Å². The van der Waals surface area contributed by atoms with Crippen molar-refractivity contribution in [3.05, 3.63) is 71.3 Å². The minimum absolute atomic E-state index is 0.00420. The zero-order chi connectivity index (χ0) is 20.2. The number of Topliss-reactive ketones (excluding diaryl/α,β-unsaturated/α-hetero) is 1. The summed E-state index contributed by atoms with van der Waals surface area (Å²) in [5.74, 6) is -0.199. The highest BCUT2D eigenvalue weighted by atomic mass is 32.2. The molecule has 1 unspecified atom stereocenters. The molecular formula is C24H27NO2S. The maximum Gasteiger partial charge on any atom is 0.219 e. The van der Waals surface area contributed by atoms with Gasteiger partial charge in [-0.05, 0) is 23.6 Å². The fraction of sp³-hybridized carbons (Fsp3) is 0.375. The van der Waals surface area contributed by atoms with Gasteiger partial charge in [-0.25, -0.2) is 0 Å². The topological polar surface area (TPSA) is 57.9 Å². The molecule has 1 atom stereocenters. The van der Waals surface area contributed by atoms with E-state index in [0.717, 1.165) is 24.2 Å². The lowest BCUT2D eigenvalue weighted by Gasteiger charge is -2.10. The Kier molecular flexibility index (Phi) is 9.51. The molecular weight excluding hydrogens is 366 g/mol. The van der Waals surface area contributed by atoms with Crippen LogP contribution in [0, 0.1) is 11.3 Å². The van der Waals surface area contributed by atoms with Gasteiger partial charge in [-0.3, -0.25) is 9.59 Å². The first-order chi connectivity index (χ1) is 13.7. The Morgan fingerprint density at radius 3 is 2.46 bits per heavy atom. The van der Waals surface area contributed by atoms with Gasteiger partial charge in [0.1, 0.15) is 5.92 Å². The van der Waals surface area contributed by atoms with Gasteiger partial charge in [0.15, 0.2) is 5.78 Å². The van der Waals surface area contributed by atoms with Crippen LogP contribution in [0.25, 0.3) is 0 Å². The van der Waals surface area contributed by atoms with Gasteiger partial charge in [0.2, 0.25) is 5.12 Å². The molecule has 0 spiro atoms. The molecule has 0 aliphatic carbocycles. The fourth-order valence-electron chi connectivity index (χ4n) is 3.03. The van der Waals surface area contributed by atoms with E-state index < -0.39 is 5.92 Å². The maximum absolute atomic E-state index is 12.6. The summed E-state index contributed by atoms with van der Waals surface area (Å²) < 4.78 is 0. The van der Waals surface area contributed by atoms with E-state index in [4.69, 9.17) is 0 Å². The Labute approximate surface area is 172 Å². The van der Waals surface area contributed by atoms with Gasteiger partial charge in [-0.1, -0.05) is 92.9 Å². The second-order valence-corrected chi connectivity index (χ2v) is 7.93. The molecule has 0 radical (unpaired) electrons. The second kappa shape index (κ2) is 12.2. The number of hydrogen-bond acceptors (Lipinski definition) is 4. The molecule has 0 saturated heterocycles. The standard InChI is InChI=1S/C24H27NO2S/c1-2-3-4-5-9-15-28-24(27)21-14-10-13-20(17-21)22(18-25)23(26)16-19-11-7-6-8-12-19/h6-8,10-14,17,22H,2-5,9,15-16H2,1H3. The van der Waals surface area contributed by atoms with Crippen LogP contribution in [0.2, 0.25) is 0 Å². The molecule has 0 aliphatic rings. The lowest BCUT2D eigenvalue weighted by molar-refractivity contribution is -0.118. The van der Waals surface area contributed by atoms with Gasteiger partial charge in [-0.2, -0.15) is 5.26 Å². The van der Waals surface area contributed by atoms with Crippen LogP contribution in [0.15, 0.2) is 54.6 Å². The van der Waals surface area contributed by atoms with Crippen LogP contribution in [0.3, 0.4) is 0 Å². The Hall–Kier alpha value is -2.38. The number of carbonyl (C=O) groups excluding carboxylic acids is 2. The van der Waals surface area contributed by atoms with Crippen LogP contribution in [0.4, 0.5) is 0 Å². The molecule has 28 heavy (non-hydrogen) atoms. The second-order valence-electron chi connectivity index (χ2n) is 6.87. The highest BCUT2D eigenvalue weighted by Crippen LogP contribution is 2.22. The van der Waals surface area contributed by atoms with Gasteiger partial charge in [0, 0.05) is 17.7 Å². The third-order valence-electron chi connectivity index (χ3n) is 4.61. The Balaban J connectivity index is 1.97. The first-order valence-corrected chi connectivity index (χ1v) is 10.9. The minimum Gasteiger partial charge on any atom is -0.297 e. The molecule has 0 aliphatic heterocycles. The number of ketones is 1. The van der Waals surface area contributed by atoms with Crippen molar-refractivity contribution in [3.8, 4) is 6.07 Å². The number of carbonyl (C=O) groups is 2. The number of thioether (sulfide) groups is 1. The van der Waals surface area contributed by atoms with Crippen molar-refractivity contribution >= 4 is 22.7 Å². The van der Waals surface area contributed by atoms with Crippen LogP contribution in [-0.2, 0) is 11.2 Å². The van der Waals surface area contributed by atoms with Crippen LogP contribution in [0.1, 0.15) is 66.4 Å². The predicted molar refractivity (Wildman–Crippen MR) is 115 cm³/mol. The molecule has 2 aromatic carbocycles. The van der Waals surface area contributed by atoms with E-state index in [1.54, 1.807) is 24.3 Å². The van der Waals surface area contributed by atoms with E-state index in [1.165, 1.54) is 31.0 Å². The summed E-state index contributed by atoms with van der Waals surface area (Å²) in [6.45, 7) is 2.18.